The molecule has 3 heterocycles. The van der Waals surface area contributed by atoms with Crippen LogP contribution in [-0.4, -0.2) is 91.9 Å². The summed E-state index contributed by atoms with van der Waals surface area (Å²) < 4.78 is 73.0. The number of sulfonamides is 1. The van der Waals surface area contributed by atoms with Gasteiger partial charge in [0.1, 0.15) is 0 Å². The summed E-state index contributed by atoms with van der Waals surface area (Å²) in [5.74, 6) is 0. The molecule has 1 aromatic carbocycles. The highest BCUT2D eigenvalue weighted by Crippen LogP contribution is 2.39. The molecule has 0 bridgehead atoms. The summed E-state index contributed by atoms with van der Waals surface area (Å²) in [6.45, 7) is 6.01. The lowest BCUT2D eigenvalue weighted by Crippen LogP contribution is -2.60. The lowest BCUT2D eigenvalue weighted by atomic mass is 9.95. The quantitative estimate of drug-likeness (QED) is 0.610. The average molecular weight is 535 g/mol. The van der Waals surface area contributed by atoms with Crippen LogP contribution < -0.4 is 4.90 Å². The van der Waals surface area contributed by atoms with E-state index in [1.807, 2.05) is 11.8 Å². The van der Waals surface area contributed by atoms with Gasteiger partial charge in [-0.25, -0.2) is 13.4 Å². The minimum atomic E-state index is -4.81. The van der Waals surface area contributed by atoms with Crippen LogP contribution in [-0.2, 0) is 20.4 Å². The molecule has 0 radical (unpaired) electrons. The zero-order valence-electron chi connectivity index (χ0n) is 19.5. The summed E-state index contributed by atoms with van der Waals surface area (Å²) in [5.41, 5.74) is -2.55. The van der Waals surface area contributed by atoms with Crippen molar-refractivity contribution in [3.05, 3.63) is 41.4 Å². The predicted octanol–water partition coefficient (Wildman–Crippen LogP) is 2.51. The van der Waals surface area contributed by atoms with E-state index in [1.54, 1.807) is 17.5 Å². The molecule has 2 saturated heterocycles. The monoisotopic (exact) mass is 534 g/mol. The fraction of sp³-hybridized carbons (Fsp3) is 0.591. The van der Waals surface area contributed by atoms with Crippen LogP contribution in [0, 0.1) is 0 Å². The second-order valence-electron chi connectivity index (χ2n) is 9.04. The van der Waals surface area contributed by atoms with Crippen molar-refractivity contribution in [3.63, 3.8) is 0 Å². The molecule has 0 spiro atoms. The molecular weight excluding hydrogens is 505 g/mol. The van der Waals surface area contributed by atoms with E-state index in [4.69, 9.17) is 4.74 Å². The number of nitrogens with zero attached hydrogens (tertiary/aromatic N) is 4. The van der Waals surface area contributed by atoms with Crippen molar-refractivity contribution in [1.82, 2.24) is 14.2 Å². The van der Waals surface area contributed by atoms with E-state index in [0.717, 1.165) is 18.3 Å². The Kier molecular flexibility index (Phi) is 7.47. The van der Waals surface area contributed by atoms with Gasteiger partial charge < -0.3 is 14.7 Å². The number of ether oxygens (including phenoxy) is 1. The molecule has 1 N–H and O–H groups in total. The molecule has 1 aromatic heterocycles. The van der Waals surface area contributed by atoms with E-state index >= 15 is 0 Å². The Hall–Kier alpha value is -1.77. The van der Waals surface area contributed by atoms with Gasteiger partial charge in [-0.1, -0.05) is 12.1 Å². The zero-order chi connectivity index (χ0) is 25.4. The summed E-state index contributed by atoms with van der Waals surface area (Å²) in [4.78, 5) is 8.25. The minimum absolute atomic E-state index is 0.0446. The van der Waals surface area contributed by atoms with Gasteiger partial charge in [-0.15, -0.1) is 11.3 Å². The molecule has 13 heteroatoms. The van der Waals surface area contributed by atoms with Crippen molar-refractivity contribution in [2.45, 2.75) is 42.0 Å². The number of alkyl halides is 3. The highest BCUT2D eigenvalue weighted by molar-refractivity contribution is 7.91. The van der Waals surface area contributed by atoms with Crippen LogP contribution >= 0.6 is 11.3 Å². The maximum atomic E-state index is 13.3. The first-order valence-corrected chi connectivity index (χ1v) is 13.6. The third kappa shape index (κ3) is 5.35. The number of anilines is 1. The summed E-state index contributed by atoms with van der Waals surface area (Å²) in [7, 11) is -3.74. The van der Waals surface area contributed by atoms with Gasteiger partial charge in [0, 0.05) is 56.0 Å². The molecule has 8 nitrogen and oxygen atoms in total. The molecule has 0 saturated carbocycles. The highest BCUT2D eigenvalue weighted by Gasteiger charge is 2.51. The number of rotatable bonds is 6. The number of benzene rings is 1. The Morgan fingerprint density at radius 3 is 2.51 bits per heavy atom. The number of halogens is 3. The second kappa shape index (κ2) is 9.94. The molecule has 2 aliphatic heterocycles. The van der Waals surface area contributed by atoms with Crippen LogP contribution in [0.3, 0.4) is 0 Å². The van der Waals surface area contributed by atoms with Gasteiger partial charge in [0.25, 0.3) is 10.0 Å². The lowest BCUT2D eigenvalue weighted by molar-refractivity contribution is -0.258. The number of aromatic nitrogens is 1. The van der Waals surface area contributed by atoms with E-state index in [-0.39, 0.29) is 35.1 Å². The Labute approximate surface area is 207 Å². The van der Waals surface area contributed by atoms with Crippen LogP contribution in [0.2, 0.25) is 0 Å². The van der Waals surface area contributed by atoms with Crippen molar-refractivity contribution >= 4 is 27.0 Å². The van der Waals surface area contributed by atoms with Crippen molar-refractivity contribution in [2.75, 3.05) is 50.8 Å². The Morgan fingerprint density at radius 1 is 1.20 bits per heavy atom. The molecule has 0 aliphatic carbocycles. The Morgan fingerprint density at radius 2 is 1.91 bits per heavy atom. The summed E-state index contributed by atoms with van der Waals surface area (Å²) in [6.07, 6.45) is -3.35. The summed E-state index contributed by atoms with van der Waals surface area (Å²) in [6, 6.07) is 5.56. The normalized spacial score (nSPS) is 24.9. The fourth-order valence-electron chi connectivity index (χ4n) is 4.43. The first-order chi connectivity index (χ1) is 16.4. The molecule has 2 aliphatic rings. The first kappa shape index (κ1) is 26.3. The Bertz CT molecular complexity index is 1090. The van der Waals surface area contributed by atoms with Crippen LogP contribution in [0.15, 0.2) is 40.2 Å². The van der Waals surface area contributed by atoms with E-state index < -0.39 is 21.8 Å². The van der Waals surface area contributed by atoms with Crippen LogP contribution in [0.5, 0.6) is 0 Å². The van der Waals surface area contributed by atoms with Gasteiger partial charge in [-0.3, -0.25) is 4.90 Å². The van der Waals surface area contributed by atoms with E-state index in [9.17, 15) is 26.7 Å². The van der Waals surface area contributed by atoms with Gasteiger partial charge in [-0.05, 0) is 31.5 Å². The molecule has 4 rings (SSSR count). The van der Waals surface area contributed by atoms with Crippen molar-refractivity contribution in [2.24, 2.45) is 0 Å². The lowest BCUT2D eigenvalue weighted by Gasteiger charge is -2.45. The first-order valence-electron chi connectivity index (χ1n) is 11.3. The number of morpholine rings is 1. The summed E-state index contributed by atoms with van der Waals surface area (Å²) in [5, 5.41) is 11.6. The molecule has 35 heavy (non-hydrogen) atoms. The van der Waals surface area contributed by atoms with E-state index in [1.165, 1.54) is 22.6 Å². The van der Waals surface area contributed by atoms with Gasteiger partial charge >= 0.3 is 6.18 Å². The molecule has 3 atom stereocenters. The van der Waals surface area contributed by atoms with E-state index in [2.05, 4.69) is 9.88 Å². The molecular formula is C22H29F3N4O4S2. The minimum Gasteiger partial charge on any atom is -0.379 e. The zero-order valence-corrected chi connectivity index (χ0v) is 21.1. The van der Waals surface area contributed by atoms with Crippen molar-refractivity contribution in [1.29, 1.82) is 0 Å². The fourth-order valence-corrected chi connectivity index (χ4v) is 6.87. The van der Waals surface area contributed by atoms with Gasteiger partial charge in [0.15, 0.2) is 5.60 Å². The standard InChI is InChI=1S/C22H29F3N4O4S2/c1-16-15-33-11-10-27(16)13-19-14-28(35(31,32)20-26-7-12-34-20)8-9-29(19)18-5-3-17(4-6-18)21(2,30)22(23,24)25/h3-7,12,16,19,30H,8-11,13-15H2,1-2H3. The number of hydrogen-bond acceptors (Lipinski definition) is 8. The number of hydrogen-bond donors (Lipinski definition) is 1. The van der Waals surface area contributed by atoms with Gasteiger partial charge in [0.05, 0.1) is 19.3 Å². The average Bonchev–Trinajstić information content (AvgIpc) is 3.36. The molecule has 0 amide bonds. The van der Waals surface area contributed by atoms with Crippen molar-refractivity contribution < 1.29 is 31.4 Å². The Balaban J connectivity index is 1.60. The second-order valence-corrected chi connectivity index (χ2v) is 12.1. The van der Waals surface area contributed by atoms with Crippen molar-refractivity contribution in [3.8, 4) is 0 Å². The molecule has 2 aromatic rings. The van der Waals surface area contributed by atoms with Crippen LogP contribution in [0.1, 0.15) is 19.4 Å². The van der Waals surface area contributed by atoms with Gasteiger partial charge in [0.2, 0.25) is 4.34 Å². The largest absolute Gasteiger partial charge is 0.421 e. The molecule has 2 fully saturated rings. The molecule has 194 valence electrons. The number of piperazine rings is 1. The smallest absolute Gasteiger partial charge is 0.379 e. The number of thiazole rings is 1. The predicted molar refractivity (Wildman–Crippen MR) is 126 cm³/mol. The maximum absolute atomic E-state index is 13.3. The maximum Gasteiger partial charge on any atom is 0.421 e. The van der Waals surface area contributed by atoms with Crippen LogP contribution in [0.4, 0.5) is 18.9 Å². The third-order valence-electron chi connectivity index (χ3n) is 6.68. The summed E-state index contributed by atoms with van der Waals surface area (Å²) >= 11 is 1.07. The SMILES string of the molecule is CC1COCCN1CC1CN(S(=O)(=O)c2nccs2)CCN1c1ccc(C(C)(O)C(F)(F)F)cc1. The molecule has 3 unspecified atom stereocenters. The highest BCUT2D eigenvalue weighted by atomic mass is 32.2. The van der Waals surface area contributed by atoms with Crippen LogP contribution in [0.25, 0.3) is 0 Å². The van der Waals surface area contributed by atoms with E-state index in [0.29, 0.717) is 38.5 Å². The third-order valence-corrected chi connectivity index (χ3v) is 9.72. The van der Waals surface area contributed by atoms with Gasteiger partial charge in [-0.2, -0.15) is 17.5 Å². The topological polar surface area (TPSA) is 86.2 Å². The number of aliphatic hydroxyl groups is 1.